The SMILES string of the molecule is CC(C)C(CN)CNCC(C)(C)c1ccccc1. The van der Waals surface area contributed by atoms with Crippen LogP contribution in [-0.2, 0) is 5.41 Å². The first-order chi connectivity index (χ1) is 8.47. The molecule has 0 amide bonds. The first-order valence-electron chi connectivity index (χ1n) is 6.93. The molecule has 0 saturated heterocycles. The maximum Gasteiger partial charge on any atom is 0.00433 e. The van der Waals surface area contributed by atoms with Crippen molar-refractivity contribution < 1.29 is 0 Å². The zero-order valence-corrected chi connectivity index (χ0v) is 12.2. The second-order valence-electron chi connectivity index (χ2n) is 6.12. The summed E-state index contributed by atoms with van der Waals surface area (Å²) in [6.45, 7) is 11.8. The van der Waals surface area contributed by atoms with Gasteiger partial charge in [0.2, 0.25) is 0 Å². The van der Waals surface area contributed by atoms with Gasteiger partial charge in [-0.1, -0.05) is 58.0 Å². The molecule has 0 aliphatic heterocycles. The van der Waals surface area contributed by atoms with Crippen LogP contribution in [0.2, 0.25) is 0 Å². The first-order valence-corrected chi connectivity index (χ1v) is 6.93. The van der Waals surface area contributed by atoms with Crippen molar-refractivity contribution >= 4 is 0 Å². The molecule has 0 radical (unpaired) electrons. The van der Waals surface area contributed by atoms with E-state index in [1.807, 2.05) is 0 Å². The highest BCUT2D eigenvalue weighted by atomic mass is 14.9. The molecule has 3 N–H and O–H groups in total. The van der Waals surface area contributed by atoms with Crippen LogP contribution in [0.1, 0.15) is 33.3 Å². The standard InChI is InChI=1S/C16H28N2/c1-13(2)14(10-17)11-18-12-16(3,4)15-8-6-5-7-9-15/h5-9,13-14,18H,10-12,17H2,1-4H3. The molecular weight excluding hydrogens is 220 g/mol. The van der Waals surface area contributed by atoms with Crippen LogP contribution in [0.4, 0.5) is 0 Å². The van der Waals surface area contributed by atoms with Crippen molar-refractivity contribution in [1.29, 1.82) is 0 Å². The number of nitrogens with one attached hydrogen (secondary N) is 1. The highest BCUT2D eigenvalue weighted by Crippen LogP contribution is 2.21. The molecular formula is C16H28N2. The zero-order valence-electron chi connectivity index (χ0n) is 12.2. The summed E-state index contributed by atoms with van der Waals surface area (Å²) in [5, 5.41) is 3.58. The molecule has 1 unspecified atom stereocenters. The van der Waals surface area contributed by atoms with Crippen molar-refractivity contribution in [3.05, 3.63) is 35.9 Å². The minimum atomic E-state index is 0.164. The third-order valence-corrected chi connectivity index (χ3v) is 3.77. The molecule has 1 aromatic carbocycles. The van der Waals surface area contributed by atoms with E-state index in [9.17, 15) is 0 Å². The number of nitrogens with two attached hydrogens (primary N) is 1. The quantitative estimate of drug-likeness (QED) is 0.778. The topological polar surface area (TPSA) is 38.0 Å². The van der Waals surface area contributed by atoms with Gasteiger partial charge >= 0.3 is 0 Å². The van der Waals surface area contributed by atoms with Gasteiger partial charge in [-0.2, -0.15) is 0 Å². The van der Waals surface area contributed by atoms with Crippen molar-refractivity contribution in [2.45, 2.75) is 33.1 Å². The number of hydrogen-bond donors (Lipinski definition) is 2. The number of benzene rings is 1. The molecule has 0 aliphatic rings. The van der Waals surface area contributed by atoms with Crippen LogP contribution >= 0.6 is 0 Å². The summed E-state index contributed by atoms with van der Waals surface area (Å²) in [7, 11) is 0. The van der Waals surface area contributed by atoms with Gasteiger partial charge in [0.15, 0.2) is 0 Å². The Morgan fingerprint density at radius 3 is 2.28 bits per heavy atom. The van der Waals surface area contributed by atoms with E-state index in [-0.39, 0.29) is 5.41 Å². The van der Waals surface area contributed by atoms with Gasteiger partial charge in [0.05, 0.1) is 0 Å². The van der Waals surface area contributed by atoms with Gasteiger partial charge in [0.25, 0.3) is 0 Å². The molecule has 18 heavy (non-hydrogen) atoms. The Kier molecular flexibility index (Phi) is 5.83. The molecule has 1 rings (SSSR count). The maximum atomic E-state index is 5.79. The minimum absolute atomic E-state index is 0.164. The summed E-state index contributed by atoms with van der Waals surface area (Å²) in [5.41, 5.74) is 7.34. The highest BCUT2D eigenvalue weighted by Gasteiger charge is 2.20. The molecule has 0 spiro atoms. The van der Waals surface area contributed by atoms with Crippen molar-refractivity contribution in [1.82, 2.24) is 5.32 Å². The minimum Gasteiger partial charge on any atom is -0.330 e. The van der Waals surface area contributed by atoms with Crippen molar-refractivity contribution in [3.63, 3.8) is 0 Å². The Balaban J connectivity index is 2.47. The lowest BCUT2D eigenvalue weighted by Gasteiger charge is -2.28. The van der Waals surface area contributed by atoms with Crippen molar-refractivity contribution in [2.75, 3.05) is 19.6 Å². The van der Waals surface area contributed by atoms with Gasteiger partial charge in [0, 0.05) is 12.0 Å². The Hall–Kier alpha value is -0.860. The number of hydrogen-bond acceptors (Lipinski definition) is 2. The van der Waals surface area contributed by atoms with Crippen LogP contribution in [0, 0.1) is 11.8 Å². The molecule has 0 aliphatic carbocycles. The fourth-order valence-electron chi connectivity index (χ4n) is 2.15. The second-order valence-corrected chi connectivity index (χ2v) is 6.12. The highest BCUT2D eigenvalue weighted by molar-refractivity contribution is 5.23. The van der Waals surface area contributed by atoms with Gasteiger partial charge in [-0.05, 0) is 30.5 Å². The fourth-order valence-corrected chi connectivity index (χ4v) is 2.15. The predicted octanol–water partition coefficient (Wildman–Crippen LogP) is 2.78. The normalized spacial score (nSPS) is 13.9. The van der Waals surface area contributed by atoms with E-state index in [4.69, 9.17) is 5.73 Å². The van der Waals surface area contributed by atoms with Crippen LogP contribution in [0.25, 0.3) is 0 Å². The fraction of sp³-hybridized carbons (Fsp3) is 0.625. The third-order valence-electron chi connectivity index (χ3n) is 3.77. The molecule has 2 heteroatoms. The average Bonchev–Trinajstić information content (AvgIpc) is 2.35. The molecule has 1 atom stereocenters. The smallest absolute Gasteiger partial charge is 0.00433 e. The van der Waals surface area contributed by atoms with Gasteiger partial charge in [-0.15, -0.1) is 0 Å². The Bertz CT molecular complexity index is 330. The third kappa shape index (κ3) is 4.43. The largest absolute Gasteiger partial charge is 0.330 e. The molecule has 0 aromatic heterocycles. The summed E-state index contributed by atoms with van der Waals surface area (Å²) < 4.78 is 0. The summed E-state index contributed by atoms with van der Waals surface area (Å²) in [6.07, 6.45) is 0. The summed E-state index contributed by atoms with van der Waals surface area (Å²) in [5.74, 6) is 1.21. The molecule has 0 heterocycles. The van der Waals surface area contributed by atoms with Gasteiger partial charge in [0.1, 0.15) is 0 Å². The van der Waals surface area contributed by atoms with E-state index in [0.717, 1.165) is 19.6 Å². The lowest BCUT2D eigenvalue weighted by atomic mass is 9.84. The van der Waals surface area contributed by atoms with Crippen LogP contribution < -0.4 is 11.1 Å². The summed E-state index contributed by atoms with van der Waals surface area (Å²) in [6, 6.07) is 10.7. The van der Waals surface area contributed by atoms with E-state index < -0.39 is 0 Å². The average molecular weight is 248 g/mol. The second kappa shape index (κ2) is 6.91. The lowest BCUT2D eigenvalue weighted by molar-refractivity contribution is 0.352. The van der Waals surface area contributed by atoms with Crippen LogP contribution in [0.5, 0.6) is 0 Å². The van der Waals surface area contributed by atoms with E-state index in [1.54, 1.807) is 0 Å². The molecule has 102 valence electrons. The van der Waals surface area contributed by atoms with Crippen LogP contribution in [-0.4, -0.2) is 19.6 Å². The van der Waals surface area contributed by atoms with E-state index in [0.29, 0.717) is 11.8 Å². The van der Waals surface area contributed by atoms with Gasteiger partial charge in [-0.3, -0.25) is 0 Å². The zero-order chi connectivity index (χ0) is 13.6. The van der Waals surface area contributed by atoms with Crippen molar-refractivity contribution in [2.24, 2.45) is 17.6 Å². The maximum absolute atomic E-state index is 5.79. The van der Waals surface area contributed by atoms with Crippen LogP contribution in [0.15, 0.2) is 30.3 Å². The monoisotopic (exact) mass is 248 g/mol. The molecule has 2 nitrogen and oxygen atoms in total. The lowest BCUT2D eigenvalue weighted by Crippen LogP contribution is -2.38. The summed E-state index contributed by atoms with van der Waals surface area (Å²) >= 11 is 0. The Morgan fingerprint density at radius 2 is 1.78 bits per heavy atom. The van der Waals surface area contributed by atoms with E-state index in [1.165, 1.54) is 5.56 Å². The first kappa shape index (κ1) is 15.2. The van der Waals surface area contributed by atoms with Crippen molar-refractivity contribution in [3.8, 4) is 0 Å². The Morgan fingerprint density at radius 1 is 1.17 bits per heavy atom. The van der Waals surface area contributed by atoms with E-state index >= 15 is 0 Å². The van der Waals surface area contributed by atoms with E-state index in [2.05, 4.69) is 63.3 Å². The predicted molar refractivity (Wildman–Crippen MR) is 79.7 cm³/mol. The molecule has 0 bridgehead atoms. The molecule has 0 saturated carbocycles. The van der Waals surface area contributed by atoms with Gasteiger partial charge < -0.3 is 11.1 Å². The van der Waals surface area contributed by atoms with Gasteiger partial charge in [-0.25, -0.2) is 0 Å². The van der Waals surface area contributed by atoms with Crippen LogP contribution in [0.3, 0.4) is 0 Å². The molecule has 1 aromatic rings. The molecule has 0 fully saturated rings. The number of rotatable bonds is 7. The summed E-state index contributed by atoms with van der Waals surface area (Å²) in [4.78, 5) is 0. The Labute approximate surface area is 112 Å².